The molecule has 1 fully saturated rings. The maximum Gasteiger partial charge on any atom is 0.309 e. The summed E-state index contributed by atoms with van der Waals surface area (Å²) in [6.07, 6.45) is 3.66. The molecular weight excluding hydrogens is 238 g/mol. The van der Waals surface area contributed by atoms with E-state index in [4.69, 9.17) is 5.11 Å². The molecule has 2 heterocycles. The fourth-order valence-corrected chi connectivity index (χ4v) is 1.72. The monoisotopic (exact) mass is 249 g/mol. The van der Waals surface area contributed by atoms with Crippen LogP contribution in [0.2, 0.25) is 0 Å². The van der Waals surface area contributed by atoms with E-state index in [1.165, 1.54) is 0 Å². The van der Waals surface area contributed by atoms with Crippen molar-refractivity contribution < 1.29 is 9.90 Å². The second-order valence-electron chi connectivity index (χ2n) is 4.25. The summed E-state index contributed by atoms with van der Waals surface area (Å²) in [4.78, 5) is 10.5. The van der Waals surface area contributed by atoms with Gasteiger partial charge in [-0.25, -0.2) is 9.36 Å². The molecule has 1 aliphatic carbocycles. The van der Waals surface area contributed by atoms with E-state index >= 15 is 0 Å². The summed E-state index contributed by atoms with van der Waals surface area (Å²) in [7, 11) is 0. The molecule has 2 aromatic heterocycles. The SMILES string of the molecule is O=C(O)Cc1cn(Cc2nnnn2C2CC2)nn1. The van der Waals surface area contributed by atoms with E-state index in [2.05, 4.69) is 25.8 Å². The average molecular weight is 249 g/mol. The summed E-state index contributed by atoms with van der Waals surface area (Å²) in [6, 6.07) is 0.400. The van der Waals surface area contributed by atoms with Crippen LogP contribution >= 0.6 is 0 Å². The van der Waals surface area contributed by atoms with E-state index in [-0.39, 0.29) is 6.42 Å². The highest BCUT2D eigenvalue weighted by Gasteiger charge is 2.27. The standard InChI is InChI=1S/C9H11N7O2/c17-9(18)3-6-4-15(13-10-6)5-8-11-12-14-16(8)7-1-2-7/h4,7H,1-3,5H2,(H,17,18). The van der Waals surface area contributed by atoms with Gasteiger partial charge in [0.15, 0.2) is 5.82 Å². The van der Waals surface area contributed by atoms with Gasteiger partial charge in [-0.15, -0.1) is 10.2 Å². The van der Waals surface area contributed by atoms with Gasteiger partial charge in [-0.1, -0.05) is 5.21 Å². The third kappa shape index (κ3) is 2.19. The molecule has 1 saturated carbocycles. The minimum absolute atomic E-state index is 0.131. The number of aromatic nitrogens is 7. The van der Waals surface area contributed by atoms with Crippen molar-refractivity contribution in [3.05, 3.63) is 17.7 Å². The molecule has 1 N–H and O–H groups in total. The number of aliphatic carboxylic acids is 1. The number of carboxylic acids is 1. The molecule has 0 aliphatic heterocycles. The average Bonchev–Trinajstić information content (AvgIpc) is 2.91. The minimum Gasteiger partial charge on any atom is -0.481 e. The number of carboxylic acid groups (broad SMARTS) is 1. The van der Waals surface area contributed by atoms with Crippen LogP contribution in [-0.2, 0) is 17.8 Å². The van der Waals surface area contributed by atoms with E-state index in [0.717, 1.165) is 12.8 Å². The lowest BCUT2D eigenvalue weighted by molar-refractivity contribution is -0.136. The van der Waals surface area contributed by atoms with Crippen LogP contribution < -0.4 is 0 Å². The predicted octanol–water partition coefficient (Wildman–Crippen LogP) is -0.725. The lowest BCUT2D eigenvalue weighted by atomic mass is 10.3. The first-order valence-corrected chi connectivity index (χ1v) is 5.60. The van der Waals surface area contributed by atoms with Crippen molar-refractivity contribution in [2.24, 2.45) is 0 Å². The molecule has 1 aliphatic rings. The van der Waals surface area contributed by atoms with E-state index < -0.39 is 5.97 Å². The molecule has 0 radical (unpaired) electrons. The van der Waals surface area contributed by atoms with Crippen molar-refractivity contribution in [3.8, 4) is 0 Å². The van der Waals surface area contributed by atoms with Crippen LogP contribution in [0.3, 0.4) is 0 Å². The topological polar surface area (TPSA) is 112 Å². The summed E-state index contributed by atoms with van der Waals surface area (Å²) in [5.41, 5.74) is 0.424. The fraction of sp³-hybridized carbons (Fsp3) is 0.556. The summed E-state index contributed by atoms with van der Waals surface area (Å²) >= 11 is 0. The first-order chi connectivity index (χ1) is 8.72. The molecule has 0 atom stereocenters. The molecule has 0 spiro atoms. The highest BCUT2D eigenvalue weighted by atomic mass is 16.4. The van der Waals surface area contributed by atoms with Crippen LogP contribution in [0.5, 0.6) is 0 Å². The van der Waals surface area contributed by atoms with Crippen molar-refractivity contribution >= 4 is 5.97 Å². The Hall–Kier alpha value is -2.32. The minimum atomic E-state index is -0.926. The van der Waals surface area contributed by atoms with Crippen LogP contribution in [0.1, 0.15) is 30.4 Å². The Kier molecular flexibility index (Phi) is 2.50. The molecule has 0 aromatic carbocycles. The Morgan fingerprint density at radius 3 is 2.94 bits per heavy atom. The van der Waals surface area contributed by atoms with Crippen LogP contribution in [0.25, 0.3) is 0 Å². The van der Waals surface area contributed by atoms with Gasteiger partial charge in [0.2, 0.25) is 0 Å². The summed E-state index contributed by atoms with van der Waals surface area (Å²) < 4.78 is 3.33. The van der Waals surface area contributed by atoms with Gasteiger partial charge < -0.3 is 5.11 Å². The predicted molar refractivity (Wildman–Crippen MR) is 56.6 cm³/mol. The Morgan fingerprint density at radius 1 is 1.39 bits per heavy atom. The zero-order chi connectivity index (χ0) is 12.5. The Balaban J connectivity index is 1.73. The molecule has 3 rings (SSSR count). The van der Waals surface area contributed by atoms with Gasteiger partial charge in [0.25, 0.3) is 0 Å². The zero-order valence-electron chi connectivity index (χ0n) is 9.47. The Bertz CT molecular complexity index is 571. The quantitative estimate of drug-likeness (QED) is 0.743. The molecule has 9 heteroatoms. The molecule has 0 bridgehead atoms. The van der Waals surface area contributed by atoms with Gasteiger partial charge in [0.1, 0.15) is 6.54 Å². The maximum absolute atomic E-state index is 10.5. The lowest BCUT2D eigenvalue weighted by Gasteiger charge is -2.01. The van der Waals surface area contributed by atoms with E-state index in [0.29, 0.717) is 24.1 Å². The summed E-state index contributed by atoms with van der Waals surface area (Å²) in [5, 5.41) is 27.8. The zero-order valence-corrected chi connectivity index (χ0v) is 9.47. The Morgan fingerprint density at radius 2 is 2.22 bits per heavy atom. The first kappa shape index (κ1) is 10.8. The largest absolute Gasteiger partial charge is 0.481 e. The summed E-state index contributed by atoms with van der Waals surface area (Å²) in [5.74, 6) is -0.214. The van der Waals surface area contributed by atoms with E-state index in [1.54, 1.807) is 15.6 Å². The Labute approximate surface area is 101 Å². The van der Waals surface area contributed by atoms with Gasteiger partial charge in [0.05, 0.1) is 18.2 Å². The normalized spacial score (nSPS) is 14.9. The van der Waals surface area contributed by atoms with E-state index in [1.807, 2.05) is 0 Å². The van der Waals surface area contributed by atoms with Crippen molar-refractivity contribution in [2.75, 3.05) is 0 Å². The van der Waals surface area contributed by atoms with Gasteiger partial charge in [-0.2, -0.15) is 0 Å². The summed E-state index contributed by atoms with van der Waals surface area (Å²) in [6.45, 7) is 0.399. The molecule has 94 valence electrons. The van der Waals surface area contributed by atoms with Gasteiger partial charge in [-0.05, 0) is 23.3 Å². The van der Waals surface area contributed by atoms with Crippen LogP contribution in [0.15, 0.2) is 6.20 Å². The highest BCUT2D eigenvalue weighted by Crippen LogP contribution is 2.34. The van der Waals surface area contributed by atoms with Gasteiger partial charge in [-0.3, -0.25) is 4.79 Å². The van der Waals surface area contributed by atoms with Gasteiger partial charge in [0, 0.05) is 6.20 Å². The molecule has 0 saturated heterocycles. The van der Waals surface area contributed by atoms with E-state index in [9.17, 15) is 4.79 Å². The molecule has 9 nitrogen and oxygen atoms in total. The number of nitrogens with zero attached hydrogens (tertiary/aromatic N) is 7. The van der Waals surface area contributed by atoms with Crippen molar-refractivity contribution in [1.29, 1.82) is 0 Å². The van der Waals surface area contributed by atoms with Gasteiger partial charge >= 0.3 is 5.97 Å². The third-order valence-corrected chi connectivity index (χ3v) is 2.68. The first-order valence-electron chi connectivity index (χ1n) is 5.60. The van der Waals surface area contributed by atoms with Crippen molar-refractivity contribution in [1.82, 2.24) is 35.2 Å². The van der Waals surface area contributed by atoms with Crippen LogP contribution in [0, 0.1) is 0 Å². The second-order valence-corrected chi connectivity index (χ2v) is 4.25. The molecule has 0 amide bonds. The number of hydrogen-bond donors (Lipinski definition) is 1. The maximum atomic E-state index is 10.5. The number of carbonyl (C=O) groups is 1. The lowest BCUT2D eigenvalue weighted by Crippen LogP contribution is -2.09. The smallest absolute Gasteiger partial charge is 0.309 e. The highest BCUT2D eigenvalue weighted by molar-refractivity contribution is 5.69. The molecule has 0 unspecified atom stereocenters. The number of hydrogen-bond acceptors (Lipinski definition) is 6. The number of rotatable bonds is 5. The van der Waals surface area contributed by atoms with Crippen LogP contribution in [0.4, 0.5) is 0 Å². The second kappa shape index (κ2) is 4.17. The number of tetrazole rings is 1. The van der Waals surface area contributed by atoms with Crippen LogP contribution in [-0.4, -0.2) is 46.3 Å². The van der Waals surface area contributed by atoms with Crippen molar-refractivity contribution in [3.63, 3.8) is 0 Å². The molecular formula is C9H11N7O2. The molecule has 18 heavy (non-hydrogen) atoms. The van der Waals surface area contributed by atoms with Crippen molar-refractivity contribution in [2.45, 2.75) is 31.8 Å². The molecule has 2 aromatic rings. The third-order valence-electron chi connectivity index (χ3n) is 2.68. The fourth-order valence-electron chi connectivity index (χ4n) is 1.72.